The van der Waals surface area contributed by atoms with Crippen LogP contribution in [0.4, 0.5) is 10.5 Å². The molecule has 29 heavy (non-hydrogen) atoms. The number of hydrogen-bond donors (Lipinski definition) is 1. The number of piperazine rings is 1. The van der Waals surface area contributed by atoms with Crippen molar-refractivity contribution in [2.24, 2.45) is 0 Å². The summed E-state index contributed by atoms with van der Waals surface area (Å²) >= 11 is 0. The van der Waals surface area contributed by atoms with Gasteiger partial charge in [-0.3, -0.25) is 4.90 Å². The highest BCUT2D eigenvalue weighted by Gasteiger charge is 2.22. The highest BCUT2D eigenvalue weighted by atomic mass is 16.5. The maximum atomic E-state index is 12.6. The molecule has 1 N–H and O–H groups in total. The molecule has 0 bridgehead atoms. The summed E-state index contributed by atoms with van der Waals surface area (Å²) in [6.07, 6.45) is 4.27. The van der Waals surface area contributed by atoms with Crippen molar-refractivity contribution in [1.82, 2.24) is 9.80 Å². The van der Waals surface area contributed by atoms with Gasteiger partial charge in [-0.2, -0.15) is 0 Å². The zero-order chi connectivity index (χ0) is 20.5. The number of carbonyl (C=O) groups is 2. The van der Waals surface area contributed by atoms with Crippen LogP contribution in [-0.4, -0.2) is 61.1 Å². The van der Waals surface area contributed by atoms with Gasteiger partial charge in [0, 0.05) is 32.7 Å². The van der Waals surface area contributed by atoms with Crippen molar-refractivity contribution in [1.29, 1.82) is 0 Å². The second-order valence-electron chi connectivity index (χ2n) is 6.80. The lowest BCUT2D eigenvalue weighted by atomic mass is 10.2. The van der Waals surface area contributed by atoms with Crippen molar-refractivity contribution in [2.45, 2.75) is 6.92 Å². The maximum absolute atomic E-state index is 12.6. The summed E-state index contributed by atoms with van der Waals surface area (Å²) in [7, 11) is 0. The van der Waals surface area contributed by atoms with Crippen LogP contribution in [-0.2, 0) is 4.74 Å². The number of benzene rings is 2. The summed E-state index contributed by atoms with van der Waals surface area (Å²) in [5.41, 5.74) is 2.03. The Morgan fingerprint density at radius 3 is 2.41 bits per heavy atom. The van der Waals surface area contributed by atoms with E-state index in [4.69, 9.17) is 4.74 Å². The minimum atomic E-state index is -0.432. The molecule has 1 heterocycles. The Morgan fingerprint density at radius 1 is 1.00 bits per heavy atom. The van der Waals surface area contributed by atoms with Crippen LogP contribution >= 0.6 is 0 Å². The van der Waals surface area contributed by atoms with Crippen molar-refractivity contribution in [3.05, 3.63) is 71.8 Å². The van der Waals surface area contributed by atoms with E-state index in [0.717, 1.165) is 19.6 Å². The monoisotopic (exact) mass is 393 g/mol. The van der Waals surface area contributed by atoms with Gasteiger partial charge < -0.3 is 15.0 Å². The Kier molecular flexibility index (Phi) is 7.41. The third-order valence-corrected chi connectivity index (χ3v) is 4.80. The van der Waals surface area contributed by atoms with Crippen molar-refractivity contribution in [3.8, 4) is 0 Å². The van der Waals surface area contributed by atoms with Crippen LogP contribution in [0.3, 0.4) is 0 Å². The standard InChI is InChI=1S/C23H27N3O3/c1-2-29-22(27)20-12-6-7-13-21(20)24-23(28)26-17-15-25(16-18-26)14-8-11-19-9-4-3-5-10-19/h3-13H,2,14-18H2,1H3,(H,24,28). The average molecular weight is 393 g/mol. The number of rotatable bonds is 6. The molecule has 6 nitrogen and oxygen atoms in total. The molecule has 1 aliphatic heterocycles. The van der Waals surface area contributed by atoms with Crippen LogP contribution < -0.4 is 5.32 Å². The second kappa shape index (κ2) is 10.4. The summed E-state index contributed by atoms with van der Waals surface area (Å²) in [4.78, 5) is 28.8. The van der Waals surface area contributed by atoms with E-state index in [1.54, 1.807) is 36.1 Å². The molecule has 0 aliphatic carbocycles. The summed E-state index contributed by atoms with van der Waals surface area (Å²) < 4.78 is 5.06. The quantitative estimate of drug-likeness (QED) is 0.760. The molecule has 0 spiro atoms. The van der Waals surface area contributed by atoms with Crippen molar-refractivity contribution >= 4 is 23.8 Å². The van der Waals surface area contributed by atoms with Gasteiger partial charge in [-0.25, -0.2) is 9.59 Å². The average Bonchev–Trinajstić information content (AvgIpc) is 2.75. The number of nitrogens with zero attached hydrogens (tertiary/aromatic N) is 2. The van der Waals surface area contributed by atoms with E-state index in [-0.39, 0.29) is 6.03 Å². The SMILES string of the molecule is CCOC(=O)c1ccccc1NC(=O)N1CCN(CC=Cc2ccccc2)CC1. The number of hydrogen-bond acceptors (Lipinski definition) is 4. The first-order valence-corrected chi connectivity index (χ1v) is 9.93. The van der Waals surface area contributed by atoms with E-state index in [0.29, 0.717) is 30.9 Å². The van der Waals surface area contributed by atoms with Crippen LogP contribution in [0.1, 0.15) is 22.8 Å². The topological polar surface area (TPSA) is 61.9 Å². The molecule has 2 aromatic carbocycles. The fourth-order valence-corrected chi connectivity index (χ4v) is 3.21. The number of amides is 2. The molecular formula is C23H27N3O3. The Balaban J connectivity index is 1.49. The largest absolute Gasteiger partial charge is 0.462 e. The van der Waals surface area contributed by atoms with Crippen molar-refractivity contribution in [3.63, 3.8) is 0 Å². The van der Waals surface area contributed by atoms with Gasteiger partial charge in [0.15, 0.2) is 0 Å². The fourth-order valence-electron chi connectivity index (χ4n) is 3.21. The van der Waals surface area contributed by atoms with Gasteiger partial charge in [0.25, 0.3) is 0 Å². The second-order valence-corrected chi connectivity index (χ2v) is 6.80. The molecule has 0 atom stereocenters. The summed E-state index contributed by atoms with van der Waals surface area (Å²) in [6.45, 7) is 5.82. The minimum absolute atomic E-state index is 0.193. The molecule has 0 saturated carbocycles. The fraction of sp³-hybridized carbons (Fsp3) is 0.304. The molecule has 6 heteroatoms. The molecule has 1 fully saturated rings. The Labute approximate surface area is 171 Å². The first-order valence-electron chi connectivity index (χ1n) is 9.93. The Bertz CT molecular complexity index is 843. The minimum Gasteiger partial charge on any atom is -0.462 e. The Hall–Kier alpha value is -3.12. The van der Waals surface area contributed by atoms with Gasteiger partial charge in [-0.05, 0) is 24.6 Å². The number of anilines is 1. The number of nitrogens with one attached hydrogen (secondary N) is 1. The van der Waals surface area contributed by atoms with E-state index < -0.39 is 5.97 Å². The predicted octanol–water partition coefficient (Wildman–Crippen LogP) is 3.73. The van der Waals surface area contributed by atoms with E-state index in [9.17, 15) is 9.59 Å². The molecule has 2 amide bonds. The number of carbonyl (C=O) groups excluding carboxylic acids is 2. The van der Waals surface area contributed by atoms with Crippen LogP contribution in [0.2, 0.25) is 0 Å². The molecule has 2 aromatic rings. The van der Waals surface area contributed by atoms with Crippen LogP contribution in [0.15, 0.2) is 60.7 Å². The summed E-state index contributed by atoms with van der Waals surface area (Å²) in [5.74, 6) is -0.432. The third kappa shape index (κ3) is 5.93. The zero-order valence-electron chi connectivity index (χ0n) is 16.7. The molecule has 0 aromatic heterocycles. The van der Waals surface area contributed by atoms with E-state index in [2.05, 4.69) is 34.5 Å². The molecule has 3 rings (SSSR count). The number of urea groups is 1. The van der Waals surface area contributed by atoms with Gasteiger partial charge in [0.1, 0.15) is 0 Å². The summed E-state index contributed by atoms with van der Waals surface area (Å²) in [5, 5.41) is 2.85. The smallest absolute Gasteiger partial charge is 0.340 e. The van der Waals surface area contributed by atoms with Gasteiger partial charge in [0.05, 0.1) is 17.9 Å². The molecule has 0 radical (unpaired) electrons. The van der Waals surface area contributed by atoms with Crippen LogP contribution in [0.25, 0.3) is 6.08 Å². The molecule has 1 aliphatic rings. The highest BCUT2D eigenvalue weighted by molar-refractivity contribution is 6.00. The molecule has 152 valence electrons. The van der Waals surface area contributed by atoms with Gasteiger partial charge in [0.2, 0.25) is 0 Å². The molecule has 1 saturated heterocycles. The van der Waals surface area contributed by atoms with Gasteiger partial charge in [-0.1, -0.05) is 54.6 Å². The van der Waals surface area contributed by atoms with Gasteiger partial charge in [-0.15, -0.1) is 0 Å². The van der Waals surface area contributed by atoms with Crippen LogP contribution in [0, 0.1) is 0 Å². The number of para-hydroxylation sites is 1. The molecular weight excluding hydrogens is 366 g/mol. The predicted molar refractivity (Wildman–Crippen MR) is 115 cm³/mol. The van der Waals surface area contributed by atoms with Crippen molar-refractivity contribution < 1.29 is 14.3 Å². The summed E-state index contributed by atoms with van der Waals surface area (Å²) in [6, 6.07) is 16.9. The molecule has 0 unspecified atom stereocenters. The lowest BCUT2D eigenvalue weighted by Gasteiger charge is -2.34. The van der Waals surface area contributed by atoms with E-state index in [1.165, 1.54) is 5.56 Å². The highest BCUT2D eigenvalue weighted by Crippen LogP contribution is 2.17. The first kappa shape index (κ1) is 20.6. The van der Waals surface area contributed by atoms with E-state index in [1.807, 2.05) is 18.2 Å². The van der Waals surface area contributed by atoms with Crippen molar-refractivity contribution in [2.75, 3.05) is 44.6 Å². The first-order chi connectivity index (χ1) is 14.2. The lowest BCUT2D eigenvalue weighted by molar-refractivity contribution is 0.0527. The van der Waals surface area contributed by atoms with E-state index >= 15 is 0 Å². The third-order valence-electron chi connectivity index (χ3n) is 4.80. The number of ether oxygens (including phenoxy) is 1. The van der Waals surface area contributed by atoms with Crippen LogP contribution in [0.5, 0.6) is 0 Å². The normalized spacial score (nSPS) is 14.7. The lowest BCUT2D eigenvalue weighted by Crippen LogP contribution is -2.50. The Morgan fingerprint density at radius 2 is 1.69 bits per heavy atom. The number of esters is 1. The van der Waals surface area contributed by atoms with Gasteiger partial charge >= 0.3 is 12.0 Å². The zero-order valence-corrected chi connectivity index (χ0v) is 16.7. The maximum Gasteiger partial charge on any atom is 0.340 e.